The summed E-state index contributed by atoms with van der Waals surface area (Å²) in [7, 11) is -4.15. The molecular formula is C28H45N5O3SSi2. The Bertz CT molecular complexity index is 1290. The topological polar surface area (TPSA) is 97.3 Å². The first kappa shape index (κ1) is 30.2. The number of nitrogens with zero attached hydrogens (tertiary/aromatic N) is 4. The Balaban J connectivity index is 1.79. The fraction of sp³-hybridized carbons (Fsp3) is 0.607. The van der Waals surface area contributed by atoms with Crippen LogP contribution < -0.4 is 5.73 Å². The van der Waals surface area contributed by atoms with Crippen molar-refractivity contribution in [2.45, 2.75) is 106 Å². The smallest absolute Gasteiger partial charge is 0.203 e. The molecule has 3 aromatic rings. The molecule has 1 aliphatic rings. The van der Waals surface area contributed by atoms with Gasteiger partial charge in [-0.05, 0) is 48.4 Å². The summed E-state index contributed by atoms with van der Waals surface area (Å²) in [5, 5.41) is -0.712. The van der Waals surface area contributed by atoms with E-state index in [1.54, 1.807) is 18.1 Å². The molecule has 39 heavy (non-hydrogen) atoms. The lowest BCUT2D eigenvalue weighted by atomic mass is 10.2. The number of nitrogens with two attached hydrogens (primary N) is 1. The van der Waals surface area contributed by atoms with Gasteiger partial charge in [-0.15, -0.1) is 0 Å². The van der Waals surface area contributed by atoms with E-state index in [2.05, 4.69) is 94.8 Å². The van der Waals surface area contributed by atoms with Crippen molar-refractivity contribution in [2.75, 3.05) is 12.3 Å². The van der Waals surface area contributed by atoms with E-state index in [4.69, 9.17) is 19.3 Å². The van der Waals surface area contributed by atoms with Crippen molar-refractivity contribution in [3.63, 3.8) is 0 Å². The average Bonchev–Trinajstić information content (AvgIpc) is 3.40. The number of thioether (sulfide) groups is 1. The van der Waals surface area contributed by atoms with Crippen LogP contribution in [0.2, 0.25) is 36.3 Å². The first-order valence-electron chi connectivity index (χ1n) is 13.6. The molecule has 0 aliphatic carbocycles. The third kappa shape index (κ3) is 6.13. The highest BCUT2D eigenvalue weighted by atomic mass is 32.2. The molecule has 2 N–H and O–H groups in total. The quantitative estimate of drug-likeness (QED) is 0.281. The number of hydrogen-bond donors (Lipinski definition) is 1. The van der Waals surface area contributed by atoms with Crippen LogP contribution in [0.3, 0.4) is 0 Å². The van der Waals surface area contributed by atoms with E-state index in [1.807, 2.05) is 22.8 Å². The standard InChI is InChI=1S/C28H45N5O3SSi2/c1-26(2,3)38(7,8)34-17-22-21(36-39(9,10)27(4,5)6)16-28(35-22,37-20-14-12-11-13-15-20)33-19-32-23-24(29)30-18-31-25(23)33/h11-15,18-19,21-22H,16-17H2,1-10H3,(H2,29,30,31)/t21-,22+,28-/m0/s1. The lowest BCUT2D eigenvalue weighted by Crippen LogP contribution is -2.48. The van der Waals surface area contributed by atoms with E-state index >= 15 is 0 Å². The monoisotopic (exact) mass is 587 g/mol. The van der Waals surface area contributed by atoms with Gasteiger partial charge in [0.25, 0.3) is 0 Å². The van der Waals surface area contributed by atoms with Crippen molar-refractivity contribution in [2.24, 2.45) is 0 Å². The second-order valence-electron chi connectivity index (χ2n) is 13.5. The molecule has 0 saturated carbocycles. The predicted octanol–water partition coefficient (Wildman–Crippen LogP) is 7.01. The van der Waals surface area contributed by atoms with E-state index in [1.165, 1.54) is 6.33 Å². The molecule has 1 aromatic carbocycles. The molecule has 0 spiro atoms. The zero-order valence-corrected chi connectivity index (χ0v) is 27.9. The van der Waals surface area contributed by atoms with Gasteiger partial charge in [0.05, 0.1) is 12.7 Å². The van der Waals surface area contributed by atoms with Gasteiger partial charge in [-0.3, -0.25) is 4.57 Å². The Labute approximate surface area is 239 Å². The molecule has 1 saturated heterocycles. The van der Waals surface area contributed by atoms with Gasteiger partial charge in [0, 0.05) is 11.3 Å². The maximum absolute atomic E-state index is 7.10. The highest BCUT2D eigenvalue weighted by Gasteiger charge is 2.54. The Kier molecular flexibility index (Phi) is 8.18. The van der Waals surface area contributed by atoms with Crippen LogP contribution >= 0.6 is 11.8 Å². The summed E-state index contributed by atoms with van der Waals surface area (Å²) in [5.41, 5.74) is 7.39. The van der Waals surface area contributed by atoms with Crippen molar-refractivity contribution >= 4 is 45.4 Å². The predicted molar refractivity (Wildman–Crippen MR) is 165 cm³/mol. The molecule has 4 rings (SSSR count). The minimum Gasteiger partial charge on any atom is -0.414 e. The van der Waals surface area contributed by atoms with Crippen LogP contribution in [0.5, 0.6) is 0 Å². The Morgan fingerprint density at radius 2 is 1.64 bits per heavy atom. The van der Waals surface area contributed by atoms with Gasteiger partial charge in [0.15, 0.2) is 28.1 Å². The Hall–Kier alpha value is -1.77. The number of hydrogen-bond acceptors (Lipinski definition) is 8. The number of ether oxygens (including phenoxy) is 1. The molecule has 2 aromatic heterocycles. The molecule has 3 heterocycles. The van der Waals surface area contributed by atoms with Crippen molar-refractivity contribution in [1.82, 2.24) is 19.5 Å². The van der Waals surface area contributed by atoms with E-state index in [0.717, 1.165) is 4.90 Å². The van der Waals surface area contributed by atoms with Crippen LogP contribution in [0.15, 0.2) is 47.9 Å². The minimum absolute atomic E-state index is 0.0546. The van der Waals surface area contributed by atoms with Gasteiger partial charge in [0.1, 0.15) is 24.3 Å². The normalized spacial score (nSPS) is 23.0. The van der Waals surface area contributed by atoms with Gasteiger partial charge < -0.3 is 19.3 Å². The largest absolute Gasteiger partial charge is 0.414 e. The number of anilines is 1. The van der Waals surface area contributed by atoms with E-state index < -0.39 is 21.7 Å². The molecule has 0 unspecified atom stereocenters. The summed E-state index contributed by atoms with van der Waals surface area (Å²) in [6.07, 6.45) is 3.43. The van der Waals surface area contributed by atoms with Crippen LogP contribution in [0.25, 0.3) is 11.2 Å². The average molecular weight is 588 g/mol. The van der Waals surface area contributed by atoms with E-state index in [-0.39, 0.29) is 22.3 Å². The number of imidazole rings is 1. The first-order chi connectivity index (χ1) is 18.0. The van der Waals surface area contributed by atoms with Crippen molar-refractivity contribution < 1.29 is 13.6 Å². The zero-order valence-electron chi connectivity index (χ0n) is 25.1. The second kappa shape index (κ2) is 10.6. The van der Waals surface area contributed by atoms with Crippen LogP contribution in [-0.2, 0) is 18.6 Å². The molecule has 8 nitrogen and oxygen atoms in total. The zero-order chi connectivity index (χ0) is 28.9. The van der Waals surface area contributed by atoms with Gasteiger partial charge in [-0.25, -0.2) is 15.0 Å². The molecule has 0 radical (unpaired) electrons. The molecule has 1 fully saturated rings. The van der Waals surface area contributed by atoms with Crippen molar-refractivity contribution in [3.05, 3.63) is 43.0 Å². The second-order valence-corrected chi connectivity index (χ2v) is 24.4. The number of benzene rings is 1. The molecule has 214 valence electrons. The minimum atomic E-state index is -2.13. The lowest BCUT2D eigenvalue weighted by molar-refractivity contribution is -0.0574. The van der Waals surface area contributed by atoms with Crippen LogP contribution in [0.1, 0.15) is 48.0 Å². The molecular weight excluding hydrogens is 543 g/mol. The fourth-order valence-electron chi connectivity index (χ4n) is 4.11. The highest BCUT2D eigenvalue weighted by molar-refractivity contribution is 8.00. The Morgan fingerprint density at radius 3 is 2.26 bits per heavy atom. The van der Waals surface area contributed by atoms with Crippen molar-refractivity contribution in [3.8, 4) is 0 Å². The number of fused-ring (bicyclic) bond motifs is 1. The van der Waals surface area contributed by atoms with Crippen molar-refractivity contribution in [1.29, 1.82) is 0 Å². The molecule has 11 heteroatoms. The van der Waals surface area contributed by atoms with E-state index in [9.17, 15) is 0 Å². The summed E-state index contributed by atoms with van der Waals surface area (Å²) in [6.45, 7) is 23.2. The maximum atomic E-state index is 7.10. The fourth-order valence-corrected chi connectivity index (χ4v) is 7.78. The van der Waals surface area contributed by atoms with Gasteiger partial charge in [0.2, 0.25) is 5.06 Å². The summed E-state index contributed by atoms with van der Waals surface area (Å²) in [5.74, 6) is 0.350. The van der Waals surface area contributed by atoms with Gasteiger partial charge in [-0.2, -0.15) is 0 Å². The van der Waals surface area contributed by atoms with Gasteiger partial charge in [-0.1, -0.05) is 71.5 Å². The lowest BCUT2D eigenvalue weighted by Gasteiger charge is -2.40. The summed E-state index contributed by atoms with van der Waals surface area (Å²) < 4.78 is 23.0. The number of rotatable bonds is 8. The maximum Gasteiger partial charge on any atom is 0.203 e. The molecule has 3 atom stereocenters. The summed E-state index contributed by atoms with van der Waals surface area (Å²) >= 11 is 1.65. The third-order valence-corrected chi connectivity index (χ3v) is 18.9. The number of nitrogen functional groups attached to an aromatic ring is 1. The summed E-state index contributed by atoms with van der Waals surface area (Å²) in [4.78, 5) is 14.4. The SMILES string of the molecule is CC(C)(C)[Si](C)(C)OC[C@H]1O[C@@](Sc2ccccc2)(n2cnc3c(N)ncnc32)C[C@@H]1O[Si](C)(C)C(C)(C)C. The molecule has 1 aliphatic heterocycles. The highest BCUT2D eigenvalue weighted by Crippen LogP contribution is 2.51. The van der Waals surface area contributed by atoms with Gasteiger partial charge >= 0.3 is 0 Å². The number of aromatic nitrogens is 4. The molecule has 0 bridgehead atoms. The van der Waals surface area contributed by atoms with Crippen LogP contribution in [0.4, 0.5) is 5.82 Å². The van der Waals surface area contributed by atoms with Crippen LogP contribution in [0, 0.1) is 0 Å². The Morgan fingerprint density at radius 1 is 1.00 bits per heavy atom. The third-order valence-electron chi connectivity index (χ3n) is 8.63. The van der Waals surface area contributed by atoms with E-state index in [0.29, 0.717) is 30.0 Å². The van der Waals surface area contributed by atoms with Crippen LogP contribution in [-0.4, -0.2) is 55.0 Å². The summed E-state index contributed by atoms with van der Waals surface area (Å²) in [6, 6.07) is 10.3. The molecule has 0 amide bonds. The first-order valence-corrected chi connectivity index (χ1v) is 20.3.